The van der Waals surface area contributed by atoms with Crippen LogP contribution < -0.4 is 5.32 Å². The first-order valence-electron chi connectivity index (χ1n) is 6.67. The van der Waals surface area contributed by atoms with E-state index in [0.717, 1.165) is 38.5 Å². The molecule has 3 aliphatic heterocycles. The van der Waals surface area contributed by atoms with Gasteiger partial charge in [-0.1, -0.05) is 0 Å². The van der Waals surface area contributed by atoms with Crippen LogP contribution in [-0.4, -0.2) is 35.5 Å². The van der Waals surface area contributed by atoms with Crippen LogP contribution in [0.4, 0.5) is 20.2 Å². The van der Waals surface area contributed by atoms with Crippen molar-refractivity contribution in [3.05, 3.63) is 33.9 Å². The maximum Gasteiger partial charge on any atom is 0.307 e. The lowest BCUT2D eigenvalue weighted by Gasteiger charge is -2.45. The van der Waals surface area contributed by atoms with E-state index in [4.69, 9.17) is 0 Å². The van der Waals surface area contributed by atoms with Crippen molar-refractivity contribution in [2.75, 3.05) is 25.0 Å². The Kier molecular flexibility index (Phi) is 3.29. The van der Waals surface area contributed by atoms with Gasteiger partial charge in [-0.2, -0.15) is 4.39 Å². The van der Waals surface area contributed by atoms with Crippen molar-refractivity contribution in [3.63, 3.8) is 0 Å². The number of benzene rings is 1. The Morgan fingerprint density at radius 1 is 1.25 bits per heavy atom. The number of hydrogen-bond donors (Lipinski definition) is 1. The zero-order valence-corrected chi connectivity index (χ0v) is 10.8. The zero-order chi connectivity index (χ0) is 14.3. The Labute approximate surface area is 114 Å². The third-order valence-corrected chi connectivity index (χ3v) is 4.23. The number of nitro groups is 1. The van der Waals surface area contributed by atoms with Gasteiger partial charge >= 0.3 is 5.69 Å². The minimum atomic E-state index is -1.15. The monoisotopic (exact) mass is 283 g/mol. The van der Waals surface area contributed by atoms with Gasteiger partial charge in [-0.15, -0.1) is 0 Å². The Bertz CT molecular complexity index is 545. The van der Waals surface area contributed by atoms with E-state index in [1.807, 2.05) is 0 Å². The molecule has 0 aromatic heterocycles. The number of nitrogens with one attached hydrogen (secondary N) is 1. The summed E-state index contributed by atoms with van der Waals surface area (Å²) in [6.45, 7) is 2.90. The lowest BCUT2D eigenvalue weighted by Crippen LogP contribution is -2.53. The highest BCUT2D eigenvalue weighted by Gasteiger charge is 2.34. The highest BCUT2D eigenvalue weighted by atomic mass is 19.1. The summed E-state index contributed by atoms with van der Waals surface area (Å²) in [5.74, 6) is -1.49. The van der Waals surface area contributed by atoms with Gasteiger partial charge in [0, 0.05) is 24.7 Å². The van der Waals surface area contributed by atoms with Crippen LogP contribution >= 0.6 is 0 Å². The molecule has 1 aromatic rings. The molecular formula is C13H15F2N3O2. The number of fused-ring (bicyclic) bond motifs is 3. The summed E-state index contributed by atoms with van der Waals surface area (Å²) < 4.78 is 27.0. The van der Waals surface area contributed by atoms with E-state index in [-0.39, 0.29) is 11.7 Å². The quantitative estimate of drug-likeness (QED) is 0.683. The fourth-order valence-corrected chi connectivity index (χ4v) is 3.12. The maximum atomic E-state index is 13.8. The van der Waals surface area contributed by atoms with Gasteiger partial charge in [-0.3, -0.25) is 10.1 Å². The van der Waals surface area contributed by atoms with Crippen molar-refractivity contribution >= 4 is 11.4 Å². The van der Waals surface area contributed by atoms with E-state index < -0.39 is 22.2 Å². The van der Waals surface area contributed by atoms with Gasteiger partial charge in [0.05, 0.1) is 10.6 Å². The third kappa shape index (κ3) is 2.33. The first-order valence-corrected chi connectivity index (χ1v) is 6.67. The molecule has 1 aromatic carbocycles. The maximum absolute atomic E-state index is 13.8. The van der Waals surface area contributed by atoms with Crippen molar-refractivity contribution in [3.8, 4) is 0 Å². The molecule has 0 spiro atoms. The van der Waals surface area contributed by atoms with E-state index >= 15 is 0 Å². The molecule has 0 amide bonds. The lowest BCUT2D eigenvalue weighted by atomic mass is 9.84. The fraction of sp³-hybridized carbons (Fsp3) is 0.538. The van der Waals surface area contributed by atoms with Crippen LogP contribution in [-0.2, 0) is 0 Å². The van der Waals surface area contributed by atoms with Gasteiger partial charge in [0.15, 0.2) is 0 Å². The number of halogens is 2. The molecule has 2 bridgehead atoms. The summed E-state index contributed by atoms with van der Waals surface area (Å²) in [4.78, 5) is 12.2. The second-order valence-electron chi connectivity index (χ2n) is 5.43. The number of hydrogen-bond acceptors (Lipinski definition) is 4. The van der Waals surface area contributed by atoms with E-state index in [1.54, 1.807) is 0 Å². The lowest BCUT2D eigenvalue weighted by molar-refractivity contribution is -0.387. The van der Waals surface area contributed by atoms with Crippen LogP contribution in [0.2, 0.25) is 0 Å². The Morgan fingerprint density at radius 2 is 1.95 bits per heavy atom. The molecule has 4 rings (SSSR count). The predicted molar refractivity (Wildman–Crippen MR) is 69.6 cm³/mol. The molecule has 1 N–H and O–H groups in total. The van der Waals surface area contributed by atoms with Crippen molar-refractivity contribution in [2.45, 2.75) is 18.9 Å². The molecule has 0 saturated carbocycles. The summed E-state index contributed by atoms with van der Waals surface area (Å²) in [6, 6.07) is 1.58. The summed E-state index contributed by atoms with van der Waals surface area (Å²) in [7, 11) is 0. The normalized spacial score (nSPS) is 28.4. The summed E-state index contributed by atoms with van der Waals surface area (Å²) in [5, 5.41) is 13.7. The van der Waals surface area contributed by atoms with Crippen LogP contribution in [0.1, 0.15) is 12.8 Å². The smallest absolute Gasteiger partial charge is 0.307 e. The number of rotatable bonds is 3. The molecule has 5 nitrogen and oxygen atoms in total. The Morgan fingerprint density at radius 3 is 2.50 bits per heavy atom. The fourth-order valence-electron chi connectivity index (χ4n) is 3.12. The van der Waals surface area contributed by atoms with E-state index in [0.29, 0.717) is 12.0 Å². The molecule has 1 atom stereocenters. The van der Waals surface area contributed by atoms with E-state index in [1.165, 1.54) is 0 Å². The minimum Gasteiger partial charge on any atom is -0.378 e. The highest BCUT2D eigenvalue weighted by Crippen LogP contribution is 2.32. The molecule has 3 saturated heterocycles. The Hall–Kier alpha value is -1.76. The molecule has 3 fully saturated rings. The van der Waals surface area contributed by atoms with Gasteiger partial charge in [-0.05, 0) is 31.8 Å². The summed E-state index contributed by atoms with van der Waals surface area (Å²) in [5.41, 5.74) is -0.688. The van der Waals surface area contributed by atoms with Crippen LogP contribution in [0.3, 0.4) is 0 Å². The molecule has 108 valence electrons. The number of piperidine rings is 3. The zero-order valence-electron chi connectivity index (χ0n) is 10.8. The second kappa shape index (κ2) is 4.97. The molecule has 0 radical (unpaired) electrons. The number of anilines is 1. The van der Waals surface area contributed by atoms with Crippen molar-refractivity contribution in [1.29, 1.82) is 0 Å². The summed E-state index contributed by atoms with van der Waals surface area (Å²) in [6.07, 6.45) is 2.09. The van der Waals surface area contributed by atoms with Crippen LogP contribution in [0, 0.1) is 27.7 Å². The van der Waals surface area contributed by atoms with Crippen LogP contribution in [0.15, 0.2) is 12.1 Å². The van der Waals surface area contributed by atoms with Crippen molar-refractivity contribution in [1.82, 2.24) is 4.90 Å². The highest BCUT2D eigenvalue weighted by molar-refractivity contribution is 5.53. The number of nitro benzene ring substituents is 1. The second-order valence-corrected chi connectivity index (χ2v) is 5.43. The average molecular weight is 283 g/mol. The molecule has 3 heterocycles. The standard InChI is InChI=1S/C13H15F2N3O2/c14-9-5-10(15)13(18(19)20)6-11(9)16-12-7-17-3-1-8(12)2-4-17/h5-6,8,12,16H,1-4,7H2. The van der Waals surface area contributed by atoms with Gasteiger partial charge in [0.2, 0.25) is 5.82 Å². The minimum absolute atomic E-state index is 0.0110. The summed E-state index contributed by atoms with van der Waals surface area (Å²) >= 11 is 0. The predicted octanol–water partition coefficient (Wildman–Crippen LogP) is 2.38. The molecular weight excluding hydrogens is 268 g/mol. The van der Waals surface area contributed by atoms with Gasteiger partial charge in [-0.25, -0.2) is 4.39 Å². The van der Waals surface area contributed by atoms with Crippen LogP contribution in [0.25, 0.3) is 0 Å². The van der Waals surface area contributed by atoms with E-state index in [9.17, 15) is 18.9 Å². The topological polar surface area (TPSA) is 58.4 Å². The SMILES string of the molecule is O=[N+]([O-])c1cc(NC2CN3CCC2CC3)c(F)cc1F. The Balaban J connectivity index is 1.83. The molecule has 0 aliphatic carbocycles. The first-order chi connectivity index (χ1) is 9.54. The largest absolute Gasteiger partial charge is 0.378 e. The van der Waals surface area contributed by atoms with Gasteiger partial charge in [0.1, 0.15) is 5.82 Å². The molecule has 3 aliphatic rings. The first kappa shape index (κ1) is 13.2. The molecule has 7 heteroatoms. The number of nitrogens with zero attached hydrogens (tertiary/aromatic N) is 2. The average Bonchev–Trinajstić information content (AvgIpc) is 2.43. The van der Waals surface area contributed by atoms with Crippen molar-refractivity contribution < 1.29 is 13.7 Å². The molecule has 20 heavy (non-hydrogen) atoms. The van der Waals surface area contributed by atoms with Gasteiger partial charge in [0.25, 0.3) is 0 Å². The van der Waals surface area contributed by atoms with E-state index in [2.05, 4.69) is 10.2 Å². The van der Waals surface area contributed by atoms with Crippen LogP contribution in [0.5, 0.6) is 0 Å². The molecule has 1 unspecified atom stereocenters. The van der Waals surface area contributed by atoms with Crippen molar-refractivity contribution in [2.24, 2.45) is 5.92 Å². The van der Waals surface area contributed by atoms with Gasteiger partial charge < -0.3 is 10.2 Å². The third-order valence-electron chi connectivity index (χ3n) is 4.23.